The smallest absolute Gasteiger partial charge is 0.0540 e. The Morgan fingerprint density at radius 1 is 0.390 bits per heavy atom. The molecule has 6 aliphatic carbocycles. The van der Waals surface area contributed by atoms with Gasteiger partial charge >= 0.3 is 0 Å². The first-order chi connectivity index (χ1) is 28.7. The Bertz CT molecular complexity index is 2770. The molecular formula is C58H53N. The standard InChI is InChI=1S/C58H53N/c1-56(2)51-16-10-8-15-47(51)49-26-23-44(32-53(49)56)59(55-17-11-9-14-46(55)41-12-6-5-7-13-41)45-24-27-50-48-25-20-42(31-52(48)57(3,4)54(50)33-45)40-18-21-43(22-19-40)58-34-37-28-38(35-58)30-39(29-37)36-58/h5-27,31-33,37-39H,28-30,34-36H2,1-4H3. The SMILES string of the molecule is CC1(C)c2ccccc2-c2ccc(N(c3ccc4c(c3)C(C)(C)c3cc(-c5ccc(C67CC8CC(CC(C8)C6)C7)cc5)ccc3-4)c3ccccc3-c3ccccc3)cc21. The summed E-state index contributed by atoms with van der Waals surface area (Å²) in [4.78, 5) is 2.51. The van der Waals surface area contributed by atoms with E-state index >= 15 is 0 Å². The summed E-state index contributed by atoms with van der Waals surface area (Å²) in [6.07, 6.45) is 8.73. The molecule has 6 aliphatic rings. The normalized spacial score (nSPS) is 23.4. The van der Waals surface area contributed by atoms with Crippen molar-refractivity contribution in [3.8, 4) is 44.5 Å². The molecule has 0 unspecified atom stereocenters. The molecule has 0 atom stereocenters. The Morgan fingerprint density at radius 2 is 0.864 bits per heavy atom. The van der Waals surface area contributed by atoms with Gasteiger partial charge in [0.15, 0.2) is 0 Å². The summed E-state index contributed by atoms with van der Waals surface area (Å²) >= 11 is 0. The summed E-state index contributed by atoms with van der Waals surface area (Å²) in [7, 11) is 0. The zero-order valence-corrected chi connectivity index (χ0v) is 34.9. The number of hydrogen-bond donors (Lipinski definition) is 0. The molecule has 0 amide bonds. The molecule has 0 N–H and O–H groups in total. The topological polar surface area (TPSA) is 3.24 Å². The highest BCUT2D eigenvalue weighted by Gasteiger charge is 2.51. The molecule has 0 aromatic heterocycles. The van der Waals surface area contributed by atoms with Gasteiger partial charge in [0.2, 0.25) is 0 Å². The van der Waals surface area contributed by atoms with Crippen LogP contribution in [0.3, 0.4) is 0 Å². The zero-order chi connectivity index (χ0) is 39.7. The van der Waals surface area contributed by atoms with Gasteiger partial charge in [0.1, 0.15) is 0 Å². The first kappa shape index (κ1) is 35.3. The summed E-state index contributed by atoms with van der Waals surface area (Å²) in [5.74, 6) is 2.89. The maximum Gasteiger partial charge on any atom is 0.0540 e. The Balaban J connectivity index is 0.939. The Labute approximate surface area is 350 Å². The van der Waals surface area contributed by atoms with E-state index in [4.69, 9.17) is 0 Å². The van der Waals surface area contributed by atoms with Crippen LogP contribution in [0, 0.1) is 17.8 Å². The minimum atomic E-state index is -0.165. The van der Waals surface area contributed by atoms with E-state index in [1.165, 1.54) is 122 Å². The molecule has 1 heteroatoms. The van der Waals surface area contributed by atoms with Crippen molar-refractivity contribution in [2.24, 2.45) is 17.8 Å². The van der Waals surface area contributed by atoms with Crippen molar-refractivity contribution in [1.82, 2.24) is 0 Å². The van der Waals surface area contributed by atoms with Gasteiger partial charge < -0.3 is 4.90 Å². The van der Waals surface area contributed by atoms with Crippen LogP contribution in [0.2, 0.25) is 0 Å². The summed E-state index contributed by atoms with van der Waals surface area (Å²) < 4.78 is 0. The average Bonchev–Trinajstić information content (AvgIpc) is 3.62. The summed E-state index contributed by atoms with van der Waals surface area (Å²) in [6, 6.07) is 60.3. The molecule has 290 valence electrons. The number of rotatable bonds is 6. The van der Waals surface area contributed by atoms with Crippen LogP contribution in [0.4, 0.5) is 17.1 Å². The second-order valence-electron chi connectivity index (χ2n) is 20.0. The van der Waals surface area contributed by atoms with E-state index in [1.54, 1.807) is 5.56 Å². The van der Waals surface area contributed by atoms with E-state index in [-0.39, 0.29) is 10.8 Å². The summed E-state index contributed by atoms with van der Waals surface area (Å²) in [5.41, 5.74) is 21.4. The van der Waals surface area contributed by atoms with Crippen LogP contribution in [0.25, 0.3) is 44.5 Å². The molecule has 0 radical (unpaired) electrons. The monoisotopic (exact) mass is 763 g/mol. The van der Waals surface area contributed by atoms with Gasteiger partial charge in [-0.3, -0.25) is 0 Å². The molecule has 4 bridgehead atoms. The minimum absolute atomic E-state index is 0.0963. The quantitative estimate of drug-likeness (QED) is 0.163. The molecule has 0 saturated heterocycles. The van der Waals surface area contributed by atoms with E-state index < -0.39 is 0 Å². The minimum Gasteiger partial charge on any atom is -0.310 e. The number of anilines is 3. The van der Waals surface area contributed by atoms with Crippen molar-refractivity contribution in [3.63, 3.8) is 0 Å². The van der Waals surface area contributed by atoms with E-state index in [1.807, 2.05) is 0 Å². The molecule has 0 heterocycles. The highest BCUT2D eigenvalue weighted by Crippen LogP contribution is 2.61. The van der Waals surface area contributed by atoms with Gasteiger partial charge in [-0.2, -0.15) is 0 Å². The van der Waals surface area contributed by atoms with Crippen molar-refractivity contribution in [3.05, 3.63) is 186 Å². The predicted octanol–water partition coefficient (Wildman–Crippen LogP) is 15.6. The van der Waals surface area contributed by atoms with Gasteiger partial charge in [0, 0.05) is 27.8 Å². The lowest BCUT2D eigenvalue weighted by Gasteiger charge is -2.57. The lowest BCUT2D eigenvalue weighted by Crippen LogP contribution is -2.48. The van der Waals surface area contributed by atoms with Crippen molar-refractivity contribution in [2.75, 3.05) is 4.90 Å². The fraction of sp³-hybridized carbons (Fsp3) is 0.276. The lowest BCUT2D eigenvalue weighted by molar-refractivity contribution is -0.00518. The highest BCUT2D eigenvalue weighted by atomic mass is 15.1. The van der Waals surface area contributed by atoms with E-state index in [9.17, 15) is 0 Å². The van der Waals surface area contributed by atoms with Gasteiger partial charge in [-0.15, -0.1) is 0 Å². The van der Waals surface area contributed by atoms with E-state index in [2.05, 4.69) is 190 Å². The molecule has 59 heavy (non-hydrogen) atoms. The van der Waals surface area contributed by atoms with Gasteiger partial charge in [-0.25, -0.2) is 0 Å². The second-order valence-corrected chi connectivity index (χ2v) is 20.0. The number of hydrogen-bond acceptors (Lipinski definition) is 1. The van der Waals surface area contributed by atoms with Crippen LogP contribution >= 0.6 is 0 Å². The van der Waals surface area contributed by atoms with E-state index in [0.717, 1.165) is 17.8 Å². The average molecular weight is 764 g/mol. The number of fused-ring (bicyclic) bond motifs is 6. The third kappa shape index (κ3) is 5.29. The van der Waals surface area contributed by atoms with Crippen molar-refractivity contribution < 1.29 is 0 Å². The Hall–Kier alpha value is -5.66. The fourth-order valence-corrected chi connectivity index (χ4v) is 13.3. The van der Waals surface area contributed by atoms with Gasteiger partial charge in [-0.05, 0) is 165 Å². The molecule has 1 nitrogen and oxygen atoms in total. The molecule has 7 aromatic rings. The van der Waals surface area contributed by atoms with Crippen LogP contribution in [0.5, 0.6) is 0 Å². The van der Waals surface area contributed by atoms with Crippen LogP contribution in [0.1, 0.15) is 94.0 Å². The first-order valence-corrected chi connectivity index (χ1v) is 22.3. The molecule has 0 aliphatic heterocycles. The van der Waals surface area contributed by atoms with Crippen LogP contribution in [-0.2, 0) is 16.2 Å². The first-order valence-electron chi connectivity index (χ1n) is 22.3. The third-order valence-electron chi connectivity index (χ3n) is 15.8. The molecule has 13 rings (SSSR count). The maximum absolute atomic E-state index is 2.51. The number of para-hydroxylation sites is 1. The largest absolute Gasteiger partial charge is 0.310 e. The number of benzene rings is 7. The highest BCUT2D eigenvalue weighted by molar-refractivity contribution is 5.92. The summed E-state index contributed by atoms with van der Waals surface area (Å²) in [6.45, 7) is 9.62. The molecule has 4 fully saturated rings. The predicted molar refractivity (Wildman–Crippen MR) is 247 cm³/mol. The van der Waals surface area contributed by atoms with Crippen LogP contribution < -0.4 is 4.90 Å². The molecule has 4 saturated carbocycles. The van der Waals surface area contributed by atoms with Gasteiger partial charge in [-0.1, -0.05) is 149 Å². The van der Waals surface area contributed by atoms with Crippen LogP contribution in [-0.4, -0.2) is 0 Å². The van der Waals surface area contributed by atoms with Gasteiger partial charge in [0.25, 0.3) is 0 Å². The van der Waals surface area contributed by atoms with Crippen molar-refractivity contribution in [1.29, 1.82) is 0 Å². The molecule has 7 aromatic carbocycles. The molecule has 0 spiro atoms. The Kier molecular flexibility index (Phi) is 7.58. The fourth-order valence-electron chi connectivity index (χ4n) is 13.3. The molecular weight excluding hydrogens is 711 g/mol. The zero-order valence-electron chi connectivity index (χ0n) is 34.9. The van der Waals surface area contributed by atoms with Gasteiger partial charge in [0.05, 0.1) is 5.69 Å². The lowest BCUT2D eigenvalue weighted by atomic mass is 9.48. The Morgan fingerprint density at radius 3 is 1.49 bits per heavy atom. The third-order valence-corrected chi connectivity index (χ3v) is 15.8. The van der Waals surface area contributed by atoms with Crippen LogP contribution in [0.15, 0.2) is 158 Å². The van der Waals surface area contributed by atoms with Crippen molar-refractivity contribution >= 4 is 17.1 Å². The maximum atomic E-state index is 2.51. The summed E-state index contributed by atoms with van der Waals surface area (Å²) in [5, 5.41) is 0. The van der Waals surface area contributed by atoms with E-state index in [0.29, 0.717) is 5.41 Å². The number of nitrogens with zero attached hydrogens (tertiary/aromatic N) is 1. The second kappa shape index (κ2) is 12.7. The van der Waals surface area contributed by atoms with Crippen molar-refractivity contribution in [2.45, 2.75) is 82.5 Å².